The normalized spacial score (nSPS) is 11.6. The predicted octanol–water partition coefficient (Wildman–Crippen LogP) is 4.86. The highest BCUT2D eigenvalue weighted by molar-refractivity contribution is 4.63. The zero-order chi connectivity index (χ0) is 12.2. The Morgan fingerprint density at radius 2 is 1.12 bits per heavy atom. The van der Waals surface area contributed by atoms with Crippen LogP contribution in [-0.2, 0) is 0 Å². The first-order chi connectivity index (χ1) is 7.72. The van der Waals surface area contributed by atoms with Crippen LogP contribution in [-0.4, -0.2) is 24.0 Å². The monoisotopic (exact) mass is 227 g/mol. The first-order valence-electron chi connectivity index (χ1n) is 7.46. The minimum atomic E-state index is 0.725. The number of hydrogen-bond acceptors (Lipinski definition) is 1. The van der Waals surface area contributed by atoms with Crippen molar-refractivity contribution in [1.29, 1.82) is 0 Å². The molecule has 0 aliphatic heterocycles. The first kappa shape index (κ1) is 16.0. The zero-order valence-electron chi connectivity index (χ0n) is 12.1. The molecule has 0 aliphatic carbocycles. The Morgan fingerprint density at radius 3 is 1.44 bits per heavy atom. The lowest BCUT2D eigenvalue weighted by Gasteiger charge is -2.26. The summed E-state index contributed by atoms with van der Waals surface area (Å²) >= 11 is 0. The molecule has 16 heavy (non-hydrogen) atoms. The van der Waals surface area contributed by atoms with Crippen LogP contribution in [0.15, 0.2) is 0 Å². The number of nitrogens with zero attached hydrogens (tertiary/aromatic N) is 1. The Kier molecular flexibility index (Phi) is 11.4. The van der Waals surface area contributed by atoms with E-state index in [1.165, 1.54) is 64.5 Å². The Labute approximate surface area is 104 Å². The summed E-state index contributed by atoms with van der Waals surface area (Å²) in [6.45, 7) is 11.8. The van der Waals surface area contributed by atoms with Gasteiger partial charge in [-0.05, 0) is 39.8 Å². The molecule has 0 unspecified atom stereocenters. The second-order valence-corrected chi connectivity index (χ2v) is 5.25. The standard InChI is InChI=1S/C15H33N/c1-5-7-9-11-13-16(15(3)4)14-12-10-8-6-2/h15H,5-14H2,1-4H3. The van der Waals surface area contributed by atoms with E-state index in [1.54, 1.807) is 0 Å². The highest BCUT2D eigenvalue weighted by Crippen LogP contribution is 2.08. The fraction of sp³-hybridized carbons (Fsp3) is 1.00. The summed E-state index contributed by atoms with van der Waals surface area (Å²) in [6, 6.07) is 0.725. The van der Waals surface area contributed by atoms with Crippen molar-refractivity contribution in [3.8, 4) is 0 Å². The maximum atomic E-state index is 2.66. The van der Waals surface area contributed by atoms with E-state index in [-0.39, 0.29) is 0 Å². The van der Waals surface area contributed by atoms with Gasteiger partial charge in [-0.1, -0.05) is 52.4 Å². The van der Waals surface area contributed by atoms with Crippen molar-refractivity contribution >= 4 is 0 Å². The van der Waals surface area contributed by atoms with Crippen molar-refractivity contribution in [2.45, 2.75) is 85.1 Å². The molecule has 0 fully saturated rings. The predicted molar refractivity (Wildman–Crippen MR) is 75.0 cm³/mol. The van der Waals surface area contributed by atoms with Gasteiger partial charge in [0.2, 0.25) is 0 Å². The number of unbranched alkanes of at least 4 members (excludes halogenated alkanes) is 6. The lowest BCUT2D eigenvalue weighted by atomic mass is 10.1. The lowest BCUT2D eigenvalue weighted by Crippen LogP contribution is -2.32. The maximum absolute atomic E-state index is 2.66. The van der Waals surface area contributed by atoms with E-state index in [2.05, 4.69) is 32.6 Å². The fourth-order valence-electron chi connectivity index (χ4n) is 2.11. The summed E-state index contributed by atoms with van der Waals surface area (Å²) in [6.07, 6.45) is 11.1. The van der Waals surface area contributed by atoms with Crippen LogP contribution in [0.2, 0.25) is 0 Å². The van der Waals surface area contributed by atoms with Gasteiger partial charge in [-0.15, -0.1) is 0 Å². The van der Waals surface area contributed by atoms with Crippen molar-refractivity contribution < 1.29 is 0 Å². The van der Waals surface area contributed by atoms with Gasteiger partial charge in [0.15, 0.2) is 0 Å². The van der Waals surface area contributed by atoms with Crippen LogP contribution in [0.4, 0.5) is 0 Å². The molecule has 0 saturated carbocycles. The van der Waals surface area contributed by atoms with Gasteiger partial charge in [-0.2, -0.15) is 0 Å². The van der Waals surface area contributed by atoms with Crippen LogP contribution < -0.4 is 0 Å². The van der Waals surface area contributed by atoms with Crippen molar-refractivity contribution in [2.24, 2.45) is 0 Å². The molecule has 0 saturated heterocycles. The van der Waals surface area contributed by atoms with Gasteiger partial charge in [0, 0.05) is 6.04 Å². The molecular formula is C15H33N. The van der Waals surface area contributed by atoms with E-state index in [0.717, 1.165) is 6.04 Å². The molecule has 0 heterocycles. The summed E-state index contributed by atoms with van der Waals surface area (Å²) in [5, 5.41) is 0. The van der Waals surface area contributed by atoms with E-state index in [4.69, 9.17) is 0 Å². The first-order valence-corrected chi connectivity index (χ1v) is 7.46. The molecule has 1 heteroatoms. The molecule has 0 amide bonds. The quantitative estimate of drug-likeness (QED) is 0.456. The molecule has 1 nitrogen and oxygen atoms in total. The Bertz CT molecular complexity index is 119. The molecule has 0 rings (SSSR count). The summed E-state index contributed by atoms with van der Waals surface area (Å²) < 4.78 is 0. The Hall–Kier alpha value is -0.0400. The van der Waals surface area contributed by atoms with Gasteiger partial charge in [0.25, 0.3) is 0 Å². The molecule has 0 aromatic carbocycles. The Morgan fingerprint density at radius 1 is 0.688 bits per heavy atom. The molecule has 0 bridgehead atoms. The van der Waals surface area contributed by atoms with Crippen LogP contribution in [0.1, 0.15) is 79.1 Å². The van der Waals surface area contributed by atoms with Crippen LogP contribution in [0, 0.1) is 0 Å². The maximum Gasteiger partial charge on any atom is 0.00385 e. The number of rotatable bonds is 11. The van der Waals surface area contributed by atoms with Crippen molar-refractivity contribution in [3.63, 3.8) is 0 Å². The van der Waals surface area contributed by atoms with Gasteiger partial charge in [-0.25, -0.2) is 0 Å². The van der Waals surface area contributed by atoms with Crippen molar-refractivity contribution in [2.75, 3.05) is 13.1 Å². The van der Waals surface area contributed by atoms with E-state index in [1.807, 2.05) is 0 Å². The van der Waals surface area contributed by atoms with Gasteiger partial charge >= 0.3 is 0 Å². The lowest BCUT2D eigenvalue weighted by molar-refractivity contribution is 0.212. The Balaban J connectivity index is 3.54. The van der Waals surface area contributed by atoms with E-state index in [9.17, 15) is 0 Å². The average molecular weight is 227 g/mol. The van der Waals surface area contributed by atoms with E-state index >= 15 is 0 Å². The van der Waals surface area contributed by atoms with Crippen molar-refractivity contribution in [3.05, 3.63) is 0 Å². The van der Waals surface area contributed by atoms with E-state index in [0.29, 0.717) is 0 Å². The second-order valence-electron chi connectivity index (χ2n) is 5.25. The third-order valence-corrected chi connectivity index (χ3v) is 3.33. The van der Waals surface area contributed by atoms with Gasteiger partial charge in [0.05, 0.1) is 0 Å². The number of hydrogen-bond donors (Lipinski definition) is 0. The average Bonchev–Trinajstić information content (AvgIpc) is 2.26. The second kappa shape index (κ2) is 11.4. The van der Waals surface area contributed by atoms with Crippen LogP contribution in [0.25, 0.3) is 0 Å². The van der Waals surface area contributed by atoms with Crippen LogP contribution in [0.3, 0.4) is 0 Å². The SMILES string of the molecule is CCCCCCN(CCCCCC)C(C)C. The minimum absolute atomic E-state index is 0.725. The van der Waals surface area contributed by atoms with Gasteiger partial charge in [0.1, 0.15) is 0 Å². The molecule has 0 spiro atoms. The van der Waals surface area contributed by atoms with E-state index < -0.39 is 0 Å². The molecule has 0 N–H and O–H groups in total. The molecule has 98 valence electrons. The molecule has 0 aromatic rings. The third kappa shape index (κ3) is 9.21. The molecule has 0 atom stereocenters. The van der Waals surface area contributed by atoms with Crippen molar-refractivity contribution in [1.82, 2.24) is 4.90 Å². The molecule has 0 radical (unpaired) electrons. The summed E-state index contributed by atoms with van der Waals surface area (Å²) in [5.74, 6) is 0. The molecular weight excluding hydrogens is 194 g/mol. The molecule has 0 aliphatic rings. The van der Waals surface area contributed by atoms with Gasteiger partial charge in [-0.3, -0.25) is 0 Å². The fourth-order valence-corrected chi connectivity index (χ4v) is 2.11. The minimum Gasteiger partial charge on any atom is -0.301 e. The van der Waals surface area contributed by atoms with Crippen LogP contribution >= 0.6 is 0 Å². The largest absolute Gasteiger partial charge is 0.301 e. The van der Waals surface area contributed by atoms with Crippen LogP contribution in [0.5, 0.6) is 0 Å². The summed E-state index contributed by atoms with van der Waals surface area (Å²) in [7, 11) is 0. The summed E-state index contributed by atoms with van der Waals surface area (Å²) in [4.78, 5) is 2.66. The van der Waals surface area contributed by atoms with Gasteiger partial charge < -0.3 is 4.90 Å². The highest BCUT2D eigenvalue weighted by Gasteiger charge is 2.07. The smallest absolute Gasteiger partial charge is 0.00385 e. The third-order valence-electron chi connectivity index (χ3n) is 3.33. The topological polar surface area (TPSA) is 3.24 Å². The molecule has 0 aromatic heterocycles. The summed E-state index contributed by atoms with van der Waals surface area (Å²) in [5.41, 5.74) is 0. The zero-order valence-corrected chi connectivity index (χ0v) is 12.1. The highest BCUT2D eigenvalue weighted by atomic mass is 15.1.